The Morgan fingerprint density at radius 1 is 1.00 bits per heavy atom. The van der Waals surface area contributed by atoms with Gasteiger partial charge < -0.3 is 9.80 Å². The summed E-state index contributed by atoms with van der Waals surface area (Å²) in [6, 6.07) is 14.2. The Morgan fingerprint density at radius 3 is 2.43 bits per heavy atom. The Labute approximate surface area is 183 Å². The van der Waals surface area contributed by atoms with E-state index < -0.39 is 0 Å². The van der Waals surface area contributed by atoms with Crippen LogP contribution in [0.25, 0.3) is 0 Å². The number of hydrogen-bond donors (Lipinski definition) is 0. The Kier molecular flexibility index (Phi) is 7.27. The van der Waals surface area contributed by atoms with Crippen LogP contribution in [-0.2, 0) is 24.2 Å². The first-order chi connectivity index (χ1) is 13.1. The van der Waals surface area contributed by atoms with Gasteiger partial charge in [-0.1, -0.05) is 53.5 Å². The molecule has 1 atom stereocenters. The van der Waals surface area contributed by atoms with Gasteiger partial charge in [-0.3, -0.25) is 4.79 Å². The molecule has 0 aliphatic carbocycles. The van der Waals surface area contributed by atoms with Crippen LogP contribution in [0, 0.1) is 0 Å². The lowest BCUT2D eigenvalue weighted by molar-refractivity contribution is -0.134. The number of carbonyl (C=O) groups excluding carboxylic acids is 1. The summed E-state index contributed by atoms with van der Waals surface area (Å²) < 4.78 is 0. The van der Waals surface area contributed by atoms with E-state index in [4.69, 9.17) is 23.2 Å². The number of rotatable bonds is 4. The summed E-state index contributed by atoms with van der Waals surface area (Å²) in [5, 5.41) is 1.02. The van der Waals surface area contributed by atoms with Crippen molar-refractivity contribution in [1.82, 2.24) is 9.80 Å². The maximum atomic E-state index is 13.2. The summed E-state index contributed by atoms with van der Waals surface area (Å²) in [4.78, 5) is 17.8. The monoisotopic (exact) mass is 438 g/mol. The van der Waals surface area contributed by atoms with E-state index in [2.05, 4.69) is 34.1 Å². The molecular formula is C22H25Cl3N2O. The molecule has 1 fully saturated rings. The maximum Gasteiger partial charge on any atom is 0.227 e. The number of hydrogen-bond acceptors (Lipinski definition) is 2. The molecule has 2 aromatic carbocycles. The summed E-state index contributed by atoms with van der Waals surface area (Å²) >= 11 is 12.1. The first-order valence-electron chi connectivity index (χ1n) is 9.62. The lowest BCUT2D eigenvalue weighted by Crippen LogP contribution is -2.50. The molecule has 2 aliphatic heterocycles. The zero-order valence-electron chi connectivity index (χ0n) is 15.7. The lowest BCUT2D eigenvalue weighted by atomic mass is 9.93. The topological polar surface area (TPSA) is 23.6 Å². The van der Waals surface area contributed by atoms with Crippen molar-refractivity contribution in [1.29, 1.82) is 0 Å². The molecule has 150 valence electrons. The average Bonchev–Trinajstić information content (AvgIpc) is 3.17. The highest BCUT2D eigenvalue weighted by molar-refractivity contribution is 6.42. The van der Waals surface area contributed by atoms with Crippen molar-refractivity contribution in [2.45, 2.75) is 38.3 Å². The van der Waals surface area contributed by atoms with Gasteiger partial charge in [0.05, 0.1) is 16.5 Å². The standard InChI is InChI=1S/C22H24Cl2N2O.ClH/c23-20-8-7-16(11-21(20)24)12-22(27)26-14-18-6-2-1-5-17(18)13-19(26)15-25-9-3-4-10-25;/h1-2,5-8,11,19H,3-4,9-10,12-15H2;1H/t19-;/m0./s1. The van der Waals surface area contributed by atoms with Gasteiger partial charge in [0.1, 0.15) is 0 Å². The molecule has 6 heteroatoms. The van der Waals surface area contributed by atoms with E-state index in [1.54, 1.807) is 12.1 Å². The summed E-state index contributed by atoms with van der Waals surface area (Å²) in [6.45, 7) is 3.94. The van der Waals surface area contributed by atoms with E-state index >= 15 is 0 Å². The van der Waals surface area contributed by atoms with Crippen LogP contribution in [0.4, 0.5) is 0 Å². The van der Waals surface area contributed by atoms with Gasteiger partial charge in [0.2, 0.25) is 5.91 Å². The summed E-state index contributed by atoms with van der Waals surface area (Å²) in [5.74, 6) is 0.159. The van der Waals surface area contributed by atoms with E-state index in [9.17, 15) is 4.79 Å². The second kappa shape index (κ2) is 9.49. The number of fused-ring (bicyclic) bond motifs is 1. The molecule has 0 radical (unpaired) electrons. The smallest absolute Gasteiger partial charge is 0.227 e. The summed E-state index contributed by atoms with van der Waals surface area (Å²) in [7, 11) is 0. The molecule has 1 saturated heterocycles. The Bertz CT molecular complexity index is 836. The maximum absolute atomic E-state index is 13.2. The molecule has 2 aromatic rings. The first-order valence-corrected chi connectivity index (χ1v) is 10.4. The molecule has 3 nitrogen and oxygen atoms in total. The Morgan fingerprint density at radius 2 is 1.71 bits per heavy atom. The van der Waals surface area contributed by atoms with Crippen LogP contribution >= 0.6 is 35.6 Å². The molecule has 0 bridgehead atoms. The van der Waals surface area contributed by atoms with E-state index in [1.807, 2.05) is 6.07 Å². The van der Waals surface area contributed by atoms with Gasteiger partial charge in [-0.25, -0.2) is 0 Å². The minimum absolute atomic E-state index is 0. The average molecular weight is 440 g/mol. The third kappa shape index (κ3) is 4.83. The van der Waals surface area contributed by atoms with Crippen molar-refractivity contribution in [2.75, 3.05) is 19.6 Å². The van der Waals surface area contributed by atoms with Crippen LogP contribution in [-0.4, -0.2) is 41.4 Å². The van der Waals surface area contributed by atoms with Crippen molar-refractivity contribution in [2.24, 2.45) is 0 Å². The van der Waals surface area contributed by atoms with E-state index in [0.29, 0.717) is 23.0 Å². The highest BCUT2D eigenvalue weighted by atomic mass is 35.5. The van der Waals surface area contributed by atoms with E-state index in [-0.39, 0.29) is 24.4 Å². The fourth-order valence-electron chi connectivity index (χ4n) is 4.23. The predicted molar refractivity (Wildman–Crippen MR) is 118 cm³/mol. The SMILES string of the molecule is Cl.O=C(Cc1ccc(Cl)c(Cl)c1)N1Cc2ccccc2C[C@H]1CN1CCCC1. The molecule has 28 heavy (non-hydrogen) atoms. The largest absolute Gasteiger partial charge is 0.333 e. The number of halogens is 3. The van der Waals surface area contributed by atoms with Crippen LogP contribution in [0.3, 0.4) is 0 Å². The first kappa shape index (κ1) is 21.4. The van der Waals surface area contributed by atoms with Gasteiger partial charge in [0.25, 0.3) is 0 Å². The lowest BCUT2D eigenvalue weighted by Gasteiger charge is -2.39. The Hall–Kier alpha value is -1.26. The molecule has 1 amide bonds. The second-order valence-corrected chi connectivity index (χ2v) is 8.40. The minimum atomic E-state index is 0. The molecule has 0 N–H and O–H groups in total. The molecule has 0 unspecified atom stereocenters. The molecule has 2 aliphatic rings. The van der Waals surface area contributed by atoms with Crippen LogP contribution in [0.2, 0.25) is 10.0 Å². The second-order valence-electron chi connectivity index (χ2n) is 7.58. The van der Waals surface area contributed by atoms with Crippen LogP contribution in [0.1, 0.15) is 29.5 Å². The van der Waals surface area contributed by atoms with E-state index in [1.165, 1.54) is 24.0 Å². The number of benzene rings is 2. The van der Waals surface area contributed by atoms with Crippen molar-refractivity contribution < 1.29 is 4.79 Å². The summed E-state index contributed by atoms with van der Waals surface area (Å²) in [6.07, 6.45) is 3.82. The fraction of sp³-hybridized carbons (Fsp3) is 0.409. The van der Waals surface area contributed by atoms with E-state index in [0.717, 1.165) is 31.6 Å². The van der Waals surface area contributed by atoms with Crippen LogP contribution in [0.15, 0.2) is 42.5 Å². The van der Waals surface area contributed by atoms with Crippen molar-refractivity contribution in [3.8, 4) is 0 Å². The van der Waals surface area contributed by atoms with Gasteiger partial charge in [0, 0.05) is 19.1 Å². The van der Waals surface area contributed by atoms with Crippen molar-refractivity contribution >= 4 is 41.5 Å². The number of nitrogens with zero attached hydrogens (tertiary/aromatic N) is 2. The highest BCUT2D eigenvalue weighted by Gasteiger charge is 2.31. The van der Waals surface area contributed by atoms with Gasteiger partial charge in [-0.15, -0.1) is 12.4 Å². The molecule has 0 aromatic heterocycles. The van der Waals surface area contributed by atoms with Gasteiger partial charge in [-0.05, 0) is 61.2 Å². The van der Waals surface area contributed by atoms with Crippen molar-refractivity contribution in [3.05, 3.63) is 69.2 Å². The van der Waals surface area contributed by atoms with Gasteiger partial charge >= 0.3 is 0 Å². The number of carbonyl (C=O) groups is 1. The number of likely N-dealkylation sites (tertiary alicyclic amines) is 1. The fourth-order valence-corrected chi connectivity index (χ4v) is 4.55. The third-order valence-electron chi connectivity index (χ3n) is 5.68. The number of amides is 1. The van der Waals surface area contributed by atoms with Gasteiger partial charge in [-0.2, -0.15) is 0 Å². The highest BCUT2D eigenvalue weighted by Crippen LogP contribution is 2.27. The molecule has 0 spiro atoms. The Balaban J connectivity index is 0.00000225. The molecule has 2 heterocycles. The third-order valence-corrected chi connectivity index (χ3v) is 6.42. The molecular weight excluding hydrogens is 415 g/mol. The zero-order valence-corrected chi connectivity index (χ0v) is 18.1. The molecule has 4 rings (SSSR count). The van der Waals surface area contributed by atoms with Crippen molar-refractivity contribution in [3.63, 3.8) is 0 Å². The van der Waals surface area contributed by atoms with Crippen LogP contribution < -0.4 is 0 Å². The predicted octanol–water partition coefficient (Wildman–Crippen LogP) is 5.01. The van der Waals surface area contributed by atoms with Gasteiger partial charge in [0.15, 0.2) is 0 Å². The summed E-state index contributed by atoms with van der Waals surface area (Å²) in [5.41, 5.74) is 3.55. The normalized spacial score (nSPS) is 19.2. The zero-order chi connectivity index (χ0) is 18.8. The quantitative estimate of drug-likeness (QED) is 0.669. The molecule has 0 saturated carbocycles. The van der Waals surface area contributed by atoms with Crippen LogP contribution in [0.5, 0.6) is 0 Å². The minimum Gasteiger partial charge on any atom is -0.333 e.